The summed E-state index contributed by atoms with van der Waals surface area (Å²) in [5.74, 6) is 2.00. The van der Waals surface area contributed by atoms with Crippen LogP contribution in [-0.4, -0.2) is 25.8 Å². The average molecular weight is 320 g/mol. The maximum absolute atomic E-state index is 13.0. The molecule has 2 heterocycles. The second kappa shape index (κ2) is 5.49. The Labute approximate surface area is 137 Å². The smallest absolute Gasteiger partial charge is 0.267 e. The summed E-state index contributed by atoms with van der Waals surface area (Å²) in [4.78, 5) is 13.0. The number of para-hydroxylation sites is 1. The van der Waals surface area contributed by atoms with Gasteiger partial charge in [0.25, 0.3) is 5.56 Å². The molecule has 0 aliphatic rings. The van der Waals surface area contributed by atoms with Crippen LogP contribution in [0.5, 0.6) is 5.75 Å². The first-order valence-corrected chi connectivity index (χ1v) is 7.79. The van der Waals surface area contributed by atoms with Crippen LogP contribution in [0.2, 0.25) is 0 Å². The van der Waals surface area contributed by atoms with Gasteiger partial charge < -0.3 is 4.74 Å². The summed E-state index contributed by atoms with van der Waals surface area (Å²) in [5, 5.41) is 8.98. The fraction of sp³-hybridized carbons (Fsp3) is 0.167. The van der Waals surface area contributed by atoms with E-state index in [0.29, 0.717) is 17.8 Å². The minimum Gasteiger partial charge on any atom is -0.494 e. The van der Waals surface area contributed by atoms with Crippen LogP contribution in [0.4, 0.5) is 0 Å². The number of aromatic nitrogens is 4. The van der Waals surface area contributed by atoms with Gasteiger partial charge in [-0.3, -0.25) is 9.20 Å². The van der Waals surface area contributed by atoms with Crippen LogP contribution in [0.25, 0.3) is 22.4 Å². The lowest BCUT2D eigenvalue weighted by atomic mass is 10.2. The predicted molar refractivity (Wildman–Crippen MR) is 92.0 cm³/mol. The normalized spacial score (nSPS) is 11.2. The fourth-order valence-electron chi connectivity index (χ4n) is 2.93. The molecule has 0 aliphatic carbocycles. The van der Waals surface area contributed by atoms with Gasteiger partial charge in [-0.25, -0.2) is 4.57 Å². The van der Waals surface area contributed by atoms with Crippen LogP contribution in [0, 0.1) is 6.92 Å². The third-order valence-electron chi connectivity index (χ3n) is 3.99. The number of rotatable bonds is 3. The Balaban J connectivity index is 2.07. The molecule has 2 aromatic carbocycles. The lowest BCUT2D eigenvalue weighted by molar-refractivity contribution is 0.340. The third kappa shape index (κ3) is 2.07. The molecule has 0 N–H and O–H groups in total. The number of hydrogen-bond donors (Lipinski definition) is 0. The highest BCUT2D eigenvalue weighted by Gasteiger charge is 2.15. The van der Waals surface area contributed by atoms with E-state index in [-0.39, 0.29) is 5.56 Å². The second-order valence-electron chi connectivity index (χ2n) is 5.47. The lowest BCUT2D eigenvalue weighted by Gasteiger charge is -2.11. The van der Waals surface area contributed by atoms with Gasteiger partial charge in [-0.15, -0.1) is 10.2 Å². The molecular weight excluding hydrogens is 304 g/mol. The summed E-state index contributed by atoms with van der Waals surface area (Å²) < 4.78 is 8.95. The van der Waals surface area contributed by atoms with Crippen molar-refractivity contribution in [3.8, 4) is 11.4 Å². The zero-order valence-corrected chi connectivity index (χ0v) is 13.4. The van der Waals surface area contributed by atoms with E-state index in [2.05, 4.69) is 10.2 Å². The molecule has 4 rings (SSSR count). The Morgan fingerprint density at radius 1 is 1.04 bits per heavy atom. The largest absolute Gasteiger partial charge is 0.494 e. The lowest BCUT2D eigenvalue weighted by Crippen LogP contribution is -2.21. The van der Waals surface area contributed by atoms with Crippen molar-refractivity contribution in [2.24, 2.45) is 0 Å². The first-order valence-electron chi connectivity index (χ1n) is 7.79. The van der Waals surface area contributed by atoms with Crippen LogP contribution in [-0.2, 0) is 0 Å². The van der Waals surface area contributed by atoms with Crippen molar-refractivity contribution in [3.63, 3.8) is 0 Å². The molecule has 0 spiro atoms. The summed E-state index contributed by atoms with van der Waals surface area (Å²) in [6.45, 7) is 4.41. The van der Waals surface area contributed by atoms with Crippen LogP contribution in [0.1, 0.15) is 12.7 Å². The predicted octanol–water partition coefficient (Wildman–Crippen LogP) is 2.74. The Bertz CT molecular complexity index is 1090. The van der Waals surface area contributed by atoms with Gasteiger partial charge in [0, 0.05) is 0 Å². The van der Waals surface area contributed by atoms with Crippen molar-refractivity contribution in [1.82, 2.24) is 19.2 Å². The van der Waals surface area contributed by atoms with E-state index in [0.717, 1.165) is 22.8 Å². The van der Waals surface area contributed by atoms with Gasteiger partial charge in [0.2, 0.25) is 5.78 Å². The molecule has 0 radical (unpaired) electrons. The monoisotopic (exact) mass is 320 g/mol. The van der Waals surface area contributed by atoms with Gasteiger partial charge in [-0.1, -0.05) is 12.1 Å². The van der Waals surface area contributed by atoms with E-state index < -0.39 is 0 Å². The van der Waals surface area contributed by atoms with Crippen molar-refractivity contribution in [1.29, 1.82) is 0 Å². The molecule has 0 saturated heterocycles. The summed E-state index contributed by atoms with van der Waals surface area (Å²) in [6, 6.07) is 14.9. The van der Waals surface area contributed by atoms with Crippen molar-refractivity contribution < 1.29 is 4.74 Å². The van der Waals surface area contributed by atoms with Crippen molar-refractivity contribution >= 4 is 16.7 Å². The van der Waals surface area contributed by atoms with Gasteiger partial charge >= 0.3 is 0 Å². The van der Waals surface area contributed by atoms with E-state index >= 15 is 0 Å². The zero-order chi connectivity index (χ0) is 16.7. The van der Waals surface area contributed by atoms with Crippen LogP contribution in [0.3, 0.4) is 0 Å². The number of nitrogens with zero attached hydrogens (tertiary/aromatic N) is 4. The highest BCUT2D eigenvalue weighted by Crippen LogP contribution is 2.19. The third-order valence-corrected chi connectivity index (χ3v) is 3.99. The SMILES string of the molecule is CCOc1ccc(-n2c(=O)c3ccccc3n3c(C)nnc23)cc1. The zero-order valence-electron chi connectivity index (χ0n) is 13.4. The maximum Gasteiger partial charge on any atom is 0.267 e. The van der Waals surface area contributed by atoms with Crippen LogP contribution >= 0.6 is 0 Å². The topological polar surface area (TPSA) is 61.4 Å². The Morgan fingerprint density at radius 2 is 1.79 bits per heavy atom. The molecule has 24 heavy (non-hydrogen) atoms. The fourth-order valence-corrected chi connectivity index (χ4v) is 2.93. The summed E-state index contributed by atoms with van der Waals surface area (Å²) in [7, 11) is 0. The number of benzene rings is 2. The molecule has 0 unspecified atom stereocenters. The summed E-state index contributed by atoms with van der Waals surface area (Å²) in [6.07, 6.45) is 0. The molecule has 0 atom stereocenters. The quantitative estimate of drug-likeness (QED) is 0.582. The minimum atomic E-state index is -0.116. The molecule has 2 aromatic heterocycles. The standard InChI is InChI=1S/C18H16N4O2/c1-3-24-14-10-8-13(9-11-14)22-17(23)15-6-4-5-7-16(15)21-12(2)19-20-18(21)22/h4-11H,3H2,1-2H3. The number of aryl methyl sites for hydroxylation is 1. The molecule has 120 valence electrons. The van der Waals surface area contributed by atoms with Crippen molar-refractivity contribution in [3.05, 3.63) is 64.7 Å². The molecule has 0 fully saturated rings. The van der Waals surface area contributed by atoms with Crippen LogP contribution < -0.4 is 10.3 Å². The van der Waals surface area contributed by atoms with Crippen molar-refractivity contribution in [2.45, 2.75) is 13.8 Å². The molecule has 0 saturated carbocycles. The number of hydrogen-bond acceptors (Lipinski definition) is 4. The minimum absolute atomic E-state index is 0.116. The van der Waals surface area contributed by atoms with Gasteiger partial charge in [-0.2, -0.15) is 0 Å². The second-order valence-corrected chi connectivity index (χ2v) is 5.47. The molecule has 4 aromatic rings. The Morgan fingerprint density at radius 3 is 2.54 bits per heavy atom. The summed E-state index contributed by atoms with van der Waals surface area (Å²) in [5.41, 5.74) is 1.42. The molecule has 6 heteroatoms. The van der Waals surface area contributed by atoms with Gasteiger partial charge in [-0.05, 0) is 50.2 Å². The van der Waals surface area contributed by atoms with E-state index in [1.165, 1.54) is 0 Å². The molecule has 6 nitrogen and oxygen atoms in total. The molecule has 0 amide bonds. The Hall–Kier alpha value is -3.15. The van der Waals surface area contributed by atoms with E-state index in [4.69, 9.17) is 4.74 Å². The van der Waals surface area contributed by atoms with Crippen molar-refractivity contribution in [2.75, 3.05) is 6.61 Å². The number of ether oxygens (including phenoxy) is 1. The van der Waals surface area contributed by atoms with E-state index in [1.807, 2.05) is 66.8 Å². The first kappa shape index (κ1) is 14.4. The van der Waals surface area contributed by atoms with Crippen LogP contribution in [0.15, 0.2) is 53.3 Å². The summed E-state index contributed by atoms with van der Waals surface area (Å²) >= 11 is 0. The van der Waals surface area contributed by atoms with Gasteiger partial charge in [0.05, 0.1) is 23.2 Å². The number of fused-ring (bicyclic) bond motifs is 3. The van der Waals surface area contributed by atoms with E-state index in [1.54, 1.807) is 4.57 Å². The highest BCUT2D eigenvalue weighted by atomic mass is 16.5. The Kier molecular flexibility index (Phi) is 3.30. The molecular formula is C18H16N4O2. The maximum atomic E-state index is 13.0. The van der Waals surface area contributed by atoms with Gasteiger partial charge in [0.1, 0.15) is 11.6 Å². The van der Waals surface area contributed by atoms with E-state index in [9.17, 15) is 4.79 Å². The highest BCUT2D eigenvalue weighted by molar-refractivity contribution is 5.81. The molecule has 0 bridgehead atoms. The average Bonchev–Trinajstić information content (AvgIpc) is 2.98. The first-order chi connectivity index (χ1) is 11.7. The molecule has 0 aliphatic heterocycles. The van der Waals surface area contributed by atoms with Gasteiger partial charge in [0.15, 0.2) is 0 Å².